The quantitative estimate of drug-likeness (QED) is 0.834. The molecule has 1 aliphatic carbocycles. The molecule has 1 aromatic carbocycles. The van der Waals surface area contributed by atoms with Crippen LogP contribution in [0.4, 0.5) is 0 Å². The van der Waals surface area contributed by atoms with Gasteiger partial charge in [-0.2, -0.15) is 0 Å². The number of rotatable bonds is 2. The topological polar surface area (TPSA) is 54.5 Å². The maximum absolute atomic E-state index is 13.0. The van der Waals surface area contributed by atoms with Crippen LogP contribution in [0.25, 0.3) is 0 Å². The molecule has 0 radical (unpaired) electrons. The van der Waals surface area contributed by atoms with Gasteiger partial charge in [0.15, 0.2) is 0 Å². The number of sulfonamides is 1. The average Bonchev–Trinajstić information content (AvgIpc) is 2.76. The first kappa shape index (κ1) is 16.2. The van der Waals surface area contributed by atoms with Gasteiger partial charge in [0.1, 0.15) is 5.78 Å². The Bertz CT molecular complexity index is 721. The van der Waals surface area contributed by atoms with Gasteiger partial charge >= 0.3 is 0 Å². The molecule has 1 saturated heterocycles. The third-order valence-corrected chi connectivity index (χ3v) is 6.92. The summed E-state index contributed by atoms with van der Waals surface area (Å²) in [4.78, 5) is 12.9. The molecule has 0 spiro atoms. The lowest BCUT2D eigenvalue weighted by Crippen LogP contribution is -2.33. The molecule has 1 aromatic rings. The van der Waals surface area contributed by atoms with Gasteiger partial charge in [0.25, 0.3) is 10.0 Å². The van der Waals surface area contributed by atoms with Crippen LogP contribution >= 0.6 is 0 Å². The zero-order valence-electron chi connectivity index (χ0n) is 13.5. The molecule has 5 heteroatoms. The third-order valence-electron chi connectivity index (χ3n) is 5.05. The Kier molecular flexibility index (Phi) is 4.32. The largest absolute Gasteiger partial charge is 0.299 e. The summed E-state index contributed by atoms with van der Waals surface area (Å²) in [6, 6.07) is 6.84. The van der Waals surface area contributed by atoms with Crippen LogP contribution < -0.4 is 0 Å². The normalized spacial score (nSPS) is 25.9. The van der Waals surface area contributed by atoms with Crippen LogP contribution in [0.2, 0.25) is 0 Å². The number of hydrogen-bond acceptors (Lipinski definition) is 3. The number of aryl methyl sites for hydroxylation is 1. The first-order chi connectivity index (χ1) is 10.9. The minimum atomic E-state index is -3.64. The molecule has 0 amide bonds. The van der Waals surface area contributed by atoms with Gasteiger partial charge in [-0.05, 0) is 38.3 Å². The highest BCUT2D eigenvalue weighted by atomic mass is 32.2. The van der Waals surface area contributed by atoms with E-state index in [0.717, 1.165) is 24.8 Å². The Labute approximate surface area is 138 Å². The summed E-state index contributed by atoms with van der Waals surface area (Å²) in [7, 11) is -3.64. The van der Waals surface area contributed by atoms with Crippen molar-refractivity contribution in [2.45, 2.75) is 43.9 Å². The fourth-order valence-electron chi connectivity index (χ4n) is 3.63. The van der Waals surface area contributed by atoms with Gasteiger partial charge in [0.05, 0.1) is 10.8 Å². The van der Waals surface area contributed by atoms with Crippen LogP contribution in [0.5, 0.6) is 0 Å². The van der Waals surface area contributed by atoms with Crippen LogP contribution in [-0.2, 0) is 14.8 Å². The van der Waals surface area contributed by atoms with E-state index in [1.54, 1.807) is 24.3 Å². The fourth-order valence-corrected chi connectivity index (χ4v) is 5.14. The van der Waals surface area contributed by atoms with Crippen molar-refractivity contribution in [3.63, 3.8) is 0 Å². The van der Waals surface area contributed by atoms with Crippen LogP contribution in [0.1, 0.15) is 37.7 Å². The molecule has 124 valence electrons. The number of carbonyl (C=O) groups is 1. The lowest BCUT2D eigenvalue weighted by molar-refractivity contribution is -0.125. The van der Waals surface area contributed by atoms with Gasteiger partial charge in [-0.1, -0.05) is 37.1 Å². The number of nitrogens with zero attached hydrogens (tertiary/aromatic N) is 1. The molecule has 2 atom stereocenters. The van der Waals surface area contributed by atoms with Crippen molar-refractivity contribution in [3.8, 4) is 0 Å². The SMILES string of the molecule is C=C1C2CCCCC(CCN1S(=O)(=O)c1ccc(C)cc1)C2=O. The van der Waals surface area contributed by atoms with Crippen molar-refractivity contribution in [2.24, 2.45) is 11.8 Å². The molecule has 0 N–H and O–H groups in total. The predicted octanol–water partition coefficient (Wildman–Crippen LogP) is 3.28. The number of benzene rings is 1. The van der Waals surface area contributed by atoms with Crippen LogP contribution in [-0.4, -0.2) is 25.1 Å². The third kappa shape index (κ3) is 2.94. The first-order valence-corrected chi connectivity index (χ1v) is 9.67. The van der Waals surface area contributed by atoms with Gasteiger partial charge < -0.3 is 0 Å². The van der Waals surface area contributed by atoms with Crippen molar-refractivity contribution in [3.05, 3.63) is 42.1 Å². The zero-order valence-corrected chi connectivity index (χ0v) is 14.3. The minimum Gasteiger partial charge on any atom is -0.299 e. The lowest BCUT2D eigenvalue weighted by Gasteiger charge is -2.28. The molecular formula is C18H23NO3S. The summed E-state index contributed by atoms with van der Waals surface area (Å²) in [6.45, 7) is 6.28. The smallest absolute Gasteiger partial charge is 0.264 e. The van der Waals surface area contributed by atoms with E-state index in [1.807, 2.05) is 6.92 Å². The highest BCUT2D eigenvalue weighted by molar-refractivity contribution is 7.89. The van der Waals surface area contributed by atoms with E-state index in [2.05, 4.69) is 6.58 Å². The Morgan fingerprint density at radius 2 is 1.74 bits per heavy atom. The van der Waals surface area contributed by atoms with Crippen molar-refractivity contribution in [2.75, 3.05) is 6.54 Å². The maximum atomic E-state index is 13.0. The molecule has 1 saturated carbocycles. The van der Waals surface area contributed by atoms with E-state index in [4.69, 9.17) is 0 Å². The Morgan fingerprint density at radius 3 is 2.43 bits per heavy atom. The Hall–Kier alpha value is -1.62. The number of allylic oxidation sites excluding steroid dienone is 1. The molecule has 3 rings (SSSR count). The van der Waals surface area contributed by atoms with E-state index < -0.39 is 10.0 Å². The second kappa shape index (κ2) is 6.11. The minimum absolute atomic E-state index is 0.0162. The van der Waals surface area contributed by atoms with Crippen molar-refractivity contribution < 1.29 is 13.2 Å². The maximum Gasteiger partial charge on any atom is 0.264 e. The van der Waals surface area contributed by atoms with Crippen LogP contribution in [0.3, 0.4) is 0 Å². The molecule has 2 unspecified atom stereocenters. The fraction of sp³-hybridized carbons (Fsp3) is 0.500. The predicted molar refractivity (Wildman–Crippen MR) is 89.3 cm³/mol. The zero-order chi connectivity index (χ0) is 16.6. The summed E-state index contributed by atoms with van der Waals surface area (Å²) in [6.07, 6.45) is 4.20. The standard InChI is InChI=1S/C18H23NO3S/c1-13-7-9-16(10-8-13)23(21,22)19-12-11-15-5-3-4-6-17(14(19)2)18(15)20/h7-10,15,17H,2-6,11-12H2,1H3. The van der Waals surface area contributed by atoms with Crippen LogP contribution in [0.15, 0.2) is 41.4 Å². The van der Waals surface area contributed by atoms with E-state index in [0.29, 0.717) is 25.1 Å². The molecule has 1 heterocycles. The summed E-state index contributed by atoms with van der Waals surface area (Å²) >= 11 is 0. The van der Waals surface area contributed by atoms with E-state index >= 15 is 0 Å². The monoisotopic (exact) mass is 333 g/mol. The molecule has 1 aliphatic heterocycles. The molecule has 4 nitrogen and oxygen atoms in total. The first-order valence-electron chi connectivity index (χ1n) is 8.23. The highest BCUT2D eigenvalue weighted by Gasteiger charge is 2.40. The van der Waals surface area contributed by atoms with E-state index in [-0.39, 0.29) is 22.5 Å². The average molecular weight is 333 g/mol. The summed E-state index contributed by atoms with van der Waals surface area (Å²) in [5.41, 5.74) is 1.47. The van der Waals surface area contributed by atoms with Gasteiger partial charge in [-0.25, -0.2) is 8.42 Å². The molecular weight excluding hydrogens is 310 g/mol. The summed E-state index contributed by atoms with van der Waals surface area (Å²) < 4.78 is 27.4. The van der Waals surface area contributed by atoms with Gasteiger partial charge in [-0.15, -0.1) is 0 Å². The molecule has 23 heavy (non-hydrogen) atoms. The lowest BCUT2D eigenvalue weighted by atomic mass is 9.89. The van der Waals surface area contributed by atoms with Crippen molar-refractivity contribution >= 4 is 15.8 Å². The molecule has 2 bridgehead atoms. The van der Waals surface area contributed by atoms with E-state index in [1.165, 1.54) is 4.31 Å². The Balaban J connectivity index is 1.97. The van der Waals surface area contributed by atoms with E-state index in [9.17, 15) is 13.2 Å². The second-order valence-electron chi connectivity index (χ2n) is 6.61. The van der Waals surface area contributed by atoms with Crippen LogP contribution in [0, 0.1) is 18.8 Å². The van der Waals surface area contributed by atoms with Crippen molar-refractivity contribution in [1.82, 2.24) is 4.31 Å². The Morgan fingerprint density at radius 1 is 1.09 bits per heavy atom. The van der Waals surface area contributed by atoms with Gasteiger partial charge in [0, 0.05) is 18.2 Å². The second-order valence-corrected chi connectivity index (χ2v) is 8.47. The van der Waals surface area contributed by atoms with Gasteiger partial charge in [0.2, 0.25) is 0 Å². The summed E-state index contributed by atoms with van der Waals surface area (Å²) in [5, 5.41) is 0. The molecule has 0 aromatic heterocycles. The highest BCUT2D eigenvalue weighted by Crippen LogP contribution is 2.37. The number of hydrogen-bond donors (Lipinski definition) is 0. The number of ketones is 1. The number of fused-ring (bicyclic) bond motifs is 2. The number of Topliss-reactive ketones (excluding diaryl/α,β-unsaturated/α-hetero) is 1. The number of carbonyl (C=O) groups excluding carboxylic acids is 1. The van der Waals surface area contributed by atoms with Gasteiger partial charge in [-0.3, -0.25) is 9.10 Å². The summed E-state index contributed by atoms with van der Waals surface area (Å²) in [5.74, 6) is -0.170. The molecule has 2 aliphatic rings. The van der Waals surface area contributed by atoms with Crippen molar-refractivity contribution in [1.29, 1.82) is 0 Å². The molecule has 2 fully saturated rings.